The minimum absolute atomic E-state index is 0.0107. The van der Waals surface area contributed by atoms with Crippen LogP contribution in [0.2, 0.25) is 0 Å². The lowest BCUT2D eigenvalue weighted by molar-refractivity contribution is -0.508. The van der Waals surface area contributed by atoms with Gasteiger partial charge >= 0.3 is 5.97 Å². The van der Waals surface area contributed by atoms with E-state index < -0.39 is 23.8 Å². The van der Waals surface area contributed by atoms with E-state index in [1.165, 1.54) is 0 Å². The molecular formula is C25H28N2O4. The number of hydroxylamine groups is 1. The van der Waals surface area contributed by atoms with Gasteiger partial charge in [0.1, 0.15) is 0 Å². The molecule has 0 saturated carbocycles. The topological polar surface area (TPSA) is 72.7 Å². The van der Waals surface area contributed by atoms with E-state index in [-0.39, 0.29) is 18.6 Å². The molecule has 1 saturated heterocycles. The van der Waals surface area contributed by atoms with Gasteiger partial charge in [0.05, 0.1) is 18.4 Å². The summed E-state index contributed by atoms with van der Waals surface area (Å²) < 4.78 is 6.06. The van der Waals surface area contributed by atoms with Crippen molar-refractivity contribution in [2.75, 3.05) is 6.61 Å². The minimum Gasteiger partial charge on any atom is -0.623 e. The number of hydrogen-bond acceptors (Lipinski definition) is 4. The van der Waals surface area contributed by atoms with E-state index >= 15 is 0 Å². The second-order valence-electron chi connectivity index (χ2n) is 8.35. The summed E-state index contributed by atoms with van der Waals surface area (Å²) in [5.41, 5.74) is 2.61. The van der Waals surface area contributed by atoms with Crippen molar-refractivity contribution < 1.29 is 19.1 Å². The average Bonchev–Trinajstić information content (AvgIpc) is 3.01. The first kappa shape index (κ1) is 21.1. The third kappa shape index (κ3) is 4.07. The lowest BCUT2D eigenvalue weighted by Gasteiger charge is -2.34. The van der Waals surface area contributed by atoms with E-state index in [0.717, 1.165) is 15.9 Å². The zero-order valence-electron chi connectivity index (χ0n) is 17.9. The van der Waals surface area contributed by atoms with Gasteiger partial charge in [0.25, 0.3) is 6.04 Å². The lowest BCUT2D eigenvalue weighted by Crippen LogP contribution is -2.51. The zero-order chi connectivity index (χ0) is 22.0. The zero-order valence-corrected chi connectivity index (χ0v) is 17.9. The number of nitrogens with zero attached hydrogens (tertiary/aromatic N) is 2. The molecule has 31 heavy (non-hydrogen) atoms. The maximum absolute atomic E-state index is 13.6. The van der Waals surface area contributed by atoms with Crippen LogP contribution in [0, 0.1) is 17.0 Å². The van der Waals surface area contributed by atoms with Crippen molar-refractivity contribution >= 4 is 17.6 Å². The highest BCUT2D eigenvalue weighted by Crippen LogP contribution is 2.42. The molecule has 0 aliphatic carbocycles. The smallest absolute Gasteiger partial charge is 0.377 e. The fourth-order valence-corrected chi connectivity index (χ4v) is 5.03. The SMILES string of the molecule is CCOC(=O)[C@@H]1[C@@H]2[C@@H](CC(C)=[N+]1[O-])C(=O)N(Cc1ccccc1)[C@H]2Cc1ccccc1. The van der Waals surface area contributed by atoms with Gasteiger partial charge in [-0.2, -0.15) is 4.74 Å². The Bertz CT molecular complexity index is 974. The van der Waals surface area contributed by atoms with Gasteiger partial charge in [0, 0.05) is 25.9 Å². The van der Waals surface area contributed by atoms with Gasteiger partial charge in [0.15, 0.2) is 5.71 Å². The van der Waals surface area contributed by atoms with Crippen LogP contribution in [-0.2, 0) is 27.3 Å². The fraction of sp³-hybridized carbons (Fsp3) is 0.400. The van der Waals surface area contributed by atoms with Crippen molar-refractivity contribution in [2.45, 2.75) is 45.3 Å². The molecule has 4 atom stereocenters. The molecule has 2 aliphatic heterocycles. The van der Waals surface area contributed by atoms with E-state index in [1.54, 1.807) is 13.8 Å². The summed E-state index contributed by atoms with van der Waals surface area (Å²) in [5, 5.41) is 13.0. The number of rotatable bonds is 6. The maximum Gasteiger partial charge on any atom is 0.377 e. The van der Waals surface area contributed by atoms with Gasteiger partial charge in [-0.05, 0) is 24.5 Å². The molecule has 2 aliphatic rings. The number of carbonyl (C=O) groups is 2. The summed E-state index contributed by atoms with van der Waals surface area (Å²) in [4.78, 5) is 28.3. The molecule has 0 bridgehead atoms. The number of ether oxygens (including phenoxy) is 1. The first-order chi connectivity index (χ1) is 15.0. The van der Waals surface area contributed by atoms with Crippen LogP contribution in [0.15, 0.2) is 60.7 Å². The fourth-order valence-electron chi connectivity index (χ4n) is 5.03. The molecule has 4 rings (SSSR count). The molecule has 0 spiro atoms. The number of fused-ring (bicyclic) bond motifs is 1. The second-order valence-corrected chi connectivity index (χ2v) is 8.35. The van der Waals surface area contributed by atoms with Crippen LogP contribution in [0.5, 0.6) is 0 Å². The van der Waals surface area contributed by atoms with Crippen LogP contribution in [0.25, 0.3) is 0 Å². The Morgan fingerprint density at radius 3 is 2.32 bits per heavy atom. The highest BCUT2D eigenvalue weighted by atomic mass is 16.5. The average molecular weight is 421 g/mol. The Morgan fingerprint density at radius 2 is 1.71 bits per heavy atom. The van der Waals surface area contributed by atoms with E-state index in [2.05, 4.69) is 0 Å². The predicted molar refractivity (Wildman–Crippen MR) is 117 cm³/mol. The number of hydrogen-bond donors (Lipinski definition) is 0. The van der Waals surface area contributed by atoms with Crippen LogP contribution < -0.4 is 0 Å². The molecule has 0 radical (unpaired) electrons. The summed E-state index contributed by atoms with van der Waals surface area (Å²) in [5.74, 6) is -1.34. The van der Waals surface area contributed by atoms with Gasteiger partial charge in [-0.3, -0.25) is 4.79 Å². The summed E-state index contributed by atoms with van der Waals surface area (Å²) in [6, 6.07) is 18.5. The van der Waals surface area contributed by atoms with Gasteiger partial charge < -0.3 is 14.8 Å². The standard InChI is InChI=1S/C25H28N2O4/c1-3-31-25(29)23-22-20(14-17(2)27(23)30)24(28)26(16-19-12-8-5-9-13-19)21(22)15-18-10-6-4-7-11-18/h4-13,20-23H,3,14-16H2,1-2H3/t20-,21+,22-,23+/m1/s1. The Balaban J connectivity index is 1.75. The molecule has 0 aromatic heterocycles. The number of carbonyl (C=O) groups excluding carboxylic acids is 2. The second kappa shape index (κ2) is 8.92. The van der Waals surface area contributed by atoms with E-state index in [4.69, 9.17) is 4.74 Å². The summed E-state index contributed by atoms with van der Waals surface area (Å²) in [6.45, 7) is 4.09. The van der Waals surface area contributed by atoms with Crippen molar-refractivity contribution in [2.24, 2.45) is 11.8 Å². The summed E-state index contributed by atoms with van der Waals surface area (Å²) >= 11 is 0. The van der Waals surface area contributed by atoms with E-state index in [9.17, 15) is 14.8 Å². The summed E-state index contributed by atoms with van der Waals surface area (Å²) in [7, 11) is 0. The quantitative estimate of drug-likeness (QED) is 0.409. The van der Waals surface area contributed by atoms with Crippen LogP contribution >= 0.6 is 0 Å². The molecule has 0 N–H and O–H groups in total. The monoisotopic (exact) mass is 420 g/mol. The van der Waals surface area contributed by atoms with Crippen molar-refractivity contribution in [1.82, 2.24) is 4.90 Å². The molecule has 162 valence electrons. The molecule has 0 unspecified atom stereocenters. The number of likely N-dealkylation sites (tertiary alicyclic amines) is 1. The normalized spacial score (nSPS) is 25.5. The number of benzene rings is 2. The summed E-state index contributed by atoms with van der Waals surface area (Å²) in [6.07, 6.45) is 0.961. The number of amides is 1. The molecule has 2 aromatic rings. The van der Waals surface area contributed by atoms with Gasteiger partial charge in [-0.25, -0.2) is 4.79 Å². The molecule has 2 heterocycles. The molecule has 6 nitrogen and oxygen atoms in total. The van der Waals surface area contributed by atoms with E-state index in [0.29, 0.717) is 25.1 Å². The molecule has 1 fully saturated rings. The first-order valence-corrected chi connectivity index (χ1v) is 10.8. The first-order valence-electron chi connectivity index (χ1n) is 10.8. The Labute approximate surface area is 182 Å². The van der Waals surface area contributed by atoms with E-state index in [1.807, 2.05) is 65.6 Å². The highest BCUT2D eigenvalue weighted by molar-refractivity contribution is 5.91. The maximum atomic E-state index is 13.6. The van der Waals surface area contributed by atoms with Crippen molar-refractivity contribution in [3.05, 3.63) is 77.0 Å². The minimum atomic E-state index is -1.00. The van der Waals surface area contributed by atoms with Crippen molar-refractivity contribution in [1.29, 1.82) is 0 Å². The van der Waals surface area contributed by atoms with Crippen molar-refractivity contribution in [3.8, 4) is 0 Å². The molecule has 6 heteroatoms. The van der Waals surface area contributed by atoms with Gasteiger partial charge in [-0.15, -0.1) is 0 Å². The molecule has 2 aromatic carbocycles. The largest absolute Gasteiger partial charge is 0.623 e. The van der Waals surface area contributed by atoms with Gasteiger partial charge in [0.2, 0.25) is 5.91 Å². The van der Waals surface area contributed by atoms with Crippen LogP contribution in [0.4, 0.5) is 0 Å². The third-order valence-electron chi connectivity index (χ3n) is 6.43. The third-order valence-corrected chi connectivity index (χ3v) is 6.43. The highest BCUT2D eigenvalue weighted by Gasteiger charge is 2.59. The number of esters is 1. The van der Waals surface area contributed by atoms with Crippen LogP contribution in [0.1, 0.15) is 31.4 Å². The Morgan fingerprint density at radius 1 is 1.10 bits per heavy atom. The van der Waals surface area contributed by atoms with Crippen LogP contribution in [-0.4, -0.2) is 45.9 Å². The lowest BCUT2D eigenvalue weighted by atomic mass is 9.77. The van der Waals surface area contributed by atoms with Crippen LogP contribution in [0.3, 0.4) is 0 Å². The molecular weight excluding hydrogens is 392 g/mol. The Kier molecular flexibility index (Phi) is 6.07. The predicted octanol–water partition coefficient (Wildman–Crippen LogP) is 3.18. The Hall–Kier alpha value is -3.15. The van der Waals surface area contributed by atoms with Crippen molar-refractivity contribution in [3.63, 3.8) is 0 Å². The molecule has 1 amide bonds. The van der Waals surface area contributed by atoms with Gasteiger partial charge in [-0.1, -0.05) is 60.7 Å².